The minimum Gasteiger partial charge on any atom is -0.387 e. The third-order valence-corrected chi connectivity index (χ3v) is 4.16. The zero-order valence-corrected chi connectivity index (χ0v) is 14.4. The molecule has 3 aromatic rings. The number of benzene rings is 2. The Morgan fingerprint density at radius 1 is 1.04 bits per heavy atom. The molecule has 3 N–H and O–H groups in total. The summed E-state index contributed by atoms with van der Waals surface area (Å²) in [6.07, 6.45) is -0.831. The Morgan fingerprint density at radius 3 is 2.38 bits per heavy atom. The first-order valence-corrected chi connectivity index (χ1v) is 8.36. The van der Waals surface area contributed by atoms with Crippen LogP contribution in [0.1, 0.15) is 27.6 Å². The summed E-state index contributed by atoms with van der Waals surface area (Å²) in [5, 5.41) is 12.8. The quantitative estimate of drug-likeness (QED) is 0.663. The molecule has 0 fully saturated rings. The first-order chi connectivity index (χ1) is 12.5. The van der Waals surface area contributed by atoms with Gasteiger partial charge in [0.05, 0.1) is 6.10 Å². The van der Waals surface area contributed by atoms with Gasteiger partial charge in [-0.05, 0) is 30.2 Å². The molecule has 1 aromatic heterocycles. The van der Waals surface area contributed by atoms with Gasteiger partial charge in [0.2, 0.25) is 0 Å². The summed E-state index contributed by atoms with van der Waals surface area (Å²) in [6, 6.07) is 20.0. The number of nitrogens with one attached hydrogen (secondary N) is 2. The van der Waals surface area contributed by atoms with Crippen LogP contribution in [-0.4, -0.2) is 22.5 Å². The third kappa shape index (κ3) is 4.07. The molecule has 0 aliphatic heterocycles. The lowest BCUT2D eigenvalue weighted by Crippen LogP contribution is -2.32. The van der Waals surface area contributed by atoms with E-state index in [1.165, 1.54) is 6.07 Å². The normalized spacial score (nSPS) is 11.8. The monoisotopic (exact) mass is 348 g/mol. The maximum absolute atomic E-state index is 12.3. The van der Waals surface area contributed by atoms with Gasteiger partial charge in [0.25, 0.3) is 11.5 Å². The van der Waals surface area contributed by atoms with Gasteiger partial charge in [-0.1, -0.05) is 60.2 Å². The molecule has 3 rings (SSSR count). The number of aliphatic hydroxyl groups is 1. The number of amides is 1. The highest BCUT2D eigenvalue weighted by atomic mass is 16.3. The topological polar surface area (TPSA) is 82.2 Å². The van der Waals surface area contributed by atoms with E-state index in [2.05, 4.69) is 10.3 Å². The van der Waals surface area contributed by atoms with Gasteiger partial charge in [0.1, 0.15) is 5.56 Å². The summed E-state index contributed by atoms with van der Waals surface area (Å²) >= 11 is 0. The van der Waals surface area contributed by atoms with Crippen molar-refractivity contribution in [3.05, 3.63) is 93.8 Å². The lowest BCUT2D eigenvalue weighted by molar-refractivity contribution is 0.0915. The molecule has 132 valence electrons. The minimum atomic E-state index is -0.831. The number of pyridine rings is 1. The molecule has 2 aromatic carbocycles. The lowest BCUT2D eigenvalue weighted by Gasteiger charge is -2.12. The first-order valence-electron chi connectivity index (χ1n) is 8.36. The van der Waals surface area contributed by atoms with Crippen LogP contribution in [0.2, 0.25) is 0 Å². The van der Waals surface area contributed by atoms with Gasteiger partial charge in [-0.15, -0.1) is 0 Å². The van der Waals surface area contributed by atoms with E-state index in [0.29, 0.717) is 11.3 Å². The maximum atomic E-state index is 12.3. The fourth-order valence-electron chi connectivity index (χ4n) is 2.63. The van der Waals surface area contributed by atoms with Crippen molar-refractivity contribution in [3.8, 4) is 11.3 Å². The second kappa shape index (κ2) is 7.80. The van der Waals surface area contributed by atoms with Gasteiger partial charge >= 0.3 is 0 Å². The number of carbonyl (C=O) groups is 1. The van der Waals surface area contributed by atoms with Crippen molar-refractivity contribution in [1.82, 2.24) is 10.3 Å². The van der Waals surface area contributed by atoms with Gasteiger partial charge in [0, 0.05) is 12.2 Å². The number of H-pyrrole nitrogens is 1. The largest absolute Gasteiger partial charge is 0.387 e. The van der Waals surface area contributed by atoms with Crippen LogP contribution in [0, 0.1) is 6.92 Å². The van der Waals surface area contributed by atoms with Crippen molar-refractivity contribution < 1.29 is 9.90 Å². The van der Waals surface area contributed by atoms with E-state index in [1.54, 1.807) is 6.07 Å². The Hall–Kier alpha value is -3.18. The average molecular weight is 348 g/mol. The van der Waals surface area contributed by atoms with Crippen LogP contribution in [0.5, 0.6) is 0 Å². The molecule has 0 aliphatic rings. The van der Waals surface area contributed by atoms with Crippen LogP contribution >= 0.6 is 0 Å². The van der Waals surface area contributed by atoms with Crippen LogP contribution in [0.15, 0.2) is 71.5 Å². The molecule has 0 saturated heterocycles. The summed E-state index contributed by atoms with van der Waals surface area (Å²) in [5.41, 5.74) is 2.87. The van der Waals surface area contributed by atoms with E-state index in [0.717, 1.165) is 11.1 Å². The highest BCUT2D eigenvalue weighted by Gasteiger charge is 2.14. The SMILES string of the molecule is Cc1ccc(C(O)CNC(=O)c2ccc(-c3ccccc3)[nH]c2=O)cc1. The lowest BCUT2D eigenvalue weighted by atomic mass is 10.1. The number of hydrogen-bond donors (Lipinski definition) is 3. The van der Waals surface area contributed by atoms with Crippen molar-refractivity contribution in [2.45, 2.75) is 13.0 Å². The molecule has 1 amide bonds. The molecular formula is C21H20N2O3. The van der Waals surface area contributed by atoms with Gasteiger partial charge in [-0.25, -0.2) is 0 Å². The number of rotatable bonds is 5. The van der Waals surface area contributed by atoms with E-state index in [-0.39, 0.29) is 12.1 Å². The number of aromatic amines is 1. The predicted octanol–water partition coefficient (Wildman–Crippen LogP) is 2.81. The molecule has 5 nitrogen and oxygen atoms in total. The van der Waals surface area contributed by atoms with Crippen molar-refractivity contribution in [2.24, 2.45) is 0 Å². The summed E-state index contributed by atoms with van der Waals surface area (Å²) < 4.78 is 0. The summed E-state index contributed by atoms with van der Waals surface area (Å²) in [4.78, 5) is 27.2. The molecule has 0 spiro atoms. The van der Waals surface area contributed by atoms with E-state index >= 15 is 0 Å². The highest BCUT2D eigenvalue weighted by molar-refractivity contribution is 5.94. The second-order valence-corrected chi connectivity index (χ2v) is 6.12. The third-order valence-electron chi connectivity index (χ3n) is 4.16. The molecule has 0 radical (unpaired) electrons. The minimum absolute atomic E-state index is 0.0146. The smallest absolute Gasteiger partial charge is 0.261 e. The Labute approximate surface area is 151 Å². The van der Waals surface area contributed by atoms with Crippen LogP contribution in [0.3, 0.4) is 0 Å². The zero-order chi connectivity index (χ0) is 18.5. The summed E-state index contributed by atoms with van der Waals surface area (Å²) in [5.74, 6) is -0.517. The van der Waals surface area contributed by atoms with E-state index in [4.69, 9.17) is 0 Å². The number of aromatic nitrogens is 1. The first kappa shape index (κ1) is 17.6. The van der Waals surface area contributed by atoms with E-state index < -0.39 is 17.6 Å². The van der Waals surface area contributed by atoms with Gasteiger partial charge < -0.3 is 15.4 Å². The molecule has 1 atom stereocenters. The fraction of sp³-hybridized carbons (Fsp3) is 0.143. The van der Waals surface area contributed by atoms with Crippen LogP contribution < -0.4 is 10.9 Å². The van der Waals surface area contributed by atoms with Gasteiger partial charge in [-0.2, -0.15) is 0 Å². The average Bonchev–Trinajstić information content (AvgIpc) is 2.67. The highest BCUT2D eigenvalue weighted by Crippen LogP contribution is 2.15. The van der Waals surface area contributed by atoms with Crippen molar-refractivity contribution in [3.63, 3.8) is 0 Å². The fourth-order valence-corrected chi connectivity index (χ4v) is 2.63. The van der Waals surface area contributed by atoms with Crippen LogP contribution in [-0.2, 0) is 0 Å². The molecule has 5 heteroatoms. The maximum Gasteiger partial charge on any atom is 0.261 e. The Morgan fingerprint density at radius 2 is 1.73 bits per heavy atom. The molecular weight excluding hydrogens is 328 g/mol. The zero-order valence-electron chi connectivity index (χ0n) is 14.4. The Balaban J connectivity index is 1.68. The molecule has 0 aliphatic carbocycles. The number of aliphatic hydroxyl groups excluding tert-OH is 1. The van der Waals surface area contributed by atoms with Crippen LogP contribution in [0.4, 0.5) is 0 Å². The van der Waals surface area contributed by atoms with E-state index in [9.17, 15) is 14.7 Å². The summed E-state index contributed by atoms with van der Waals surface area (Å²) in [7, 11) is 0. The number of aryl methyl sites for hydroxylation is 1. The predicted molar refractivity (Wildman–Crippen MR) is 101 cm³/mol. The van der Waals surface area contributed by atoms with Crippen molar-refractivity contribution in [1.29, 1.82) is 0 Å². The Kier molecular flexibility index (Phi) is 5.29. The summed E-state index contributed by atoms with van der Waals surface area (Å²) in [6.45, 7) is 1.99. The number of hydrogen-bond acceptors (Lipinski definition) is 3. The molecule has 26 heavy (non-hydrogen) atoms. The molecule has 1 heterocycles. The standard InChI is InChI=1S/C21H20N2O3/c1-14-7-9-16(10-8-14)19(24)13-22-20(25)17-11-12-18(23-21(17)26)15-5-3-2-4-6-15/h2-12,19,24H,13H2,1H3,(H,22,25)(H,23,26). The van der Waals surface area contributed by atoms with Gasteiger partial charge in [0.15, 0.2) is 0 Å². The van der Waals surface area contributed by atoms with Crippen LogP contribution in [0.25, 0.3) is 11.3 Å². The van der Waals surface area contributed by atoms with E-state index in [1.807, 2.05) is 61.5 Å². The molecule has 0 saturated carbocycles. The van der Waals surface area contributed by atoms with Gasteiger partial charge in [-0.3, -0.25) is 9.59 Å². The molecule has 0 bridgehead atoms. The van der Waals surface area contributed by atoms with Crippen molar-refractivity contribution in [2.75, 3.05) is 6.54 Å². The van der Waals surface area contributed by atoms with Crippen molar-refractivity contribution >= 4 is 5.91 Å². The second-order valence-electron chi connectivity index (χ2n) is 6.12. The Bertz CT molecular complexity index is 947. The molecule has 1 unspecified atom stereocenters. The number of carbonyl (C=O) groups excluding carboxylic acids is 1.